The lowest BCUT2D eigenvalue weighted by Crippen LogP contribution is -2.05. The Labute approximate surface area is 93.8 Å². The predicted molar refractivity (Wildman–Crippen MR) is 64.3 cm³/mol. The summed E-state index contributed by atoms with van der Waals surface area (Å²) in [5, 5.41) is 1.77. The van der Waals surface area contributed by atoms with Gasteiger partial charge in [-0.2, -0.15) is 0 Å². The average molecular weight is 215 g/mol. The maximum atomic E-state index is 11.3. The lowest BCUT2D eigenvalue weighted by atomic mass is 10.1. The van der Waals surface area contributed by atoms with Crippen molar-refractivity contribution in [1.29, 1.82) is 0 Å². The number of carbonyl (C=O) groups is 1. The van der Waals surface area contributed by atoms with Crippen molar-refractivity contribution in [2.75, 3.05) is 5.73 Å². The van der Waals surface area contributed by atoms with Gasteiger partial charge in [0.25, 0.3) is 0 Å². The van der Waals surface area contributed by atoms with Crippen molar-refractivity contribution in [1.82, 2.24) is 0 Å². The SMILES string of the molecule is CCC(=O)Oc1cccc2c(N)cccc12. The molecule has 0 unspecified atom stereocenters. The molecule has 0 aliphatic heterocycles. The van der Waals surface area contributed by atoms with Crippen LogP contribution in [0.25, 0.3) is 10.8 Å². The molecule has 0 atom stereocenters. The monoisotopic (exact) mass is 215 g/mol. The van der Waals surface area contributed by atoms with Gasteiger partial charge >= 0.3 is 5.97 Å². The quantitative estimate of drug-likeness (QED) is 0.476. The standard InChI is InChI=1S/C13H13NO2/c1-2-13(15)16-12-8-4-5-9-10(12)6-3-7-11(9)14/h3-8H,2,14H2,1H3. The van der Waals surface area contributed by atoms with Crippen molar-refractivity contribution in [2.24, 2.45) is 0 Å². The molecule has 2 aromatic rings. The minimum Gasteiger partial charge on any atom is -0.426 e. The molecule has 82 valence electrons. The number of rotatable bonds is 2. The molecule has 0 radical (unpaired) electrons. The number of hydrogen-bond acceptors (Lipinski definition) is 3. The minimum atomic E-state index is -0.241. The number of benzene rings is 2. The van der Waals surface area contributed by atoms with Crippen LogP contribution in [0.5, 0.6) is 5.75 Å². The highest BCUT2D eigenvalue weighted by Crippen LogP contribution is 2.29. The zero-order valence-corrected chi connectivity index (χ0v) is 9.07. The smallest absolute Gasteiger partial charge is 0.310 e. The van der Waals surface area contributed by atoms with Gasteiger partial charge in [-0.05, 0) is 12.1 Å². The van der Waals surface area contributed by atoms with Crippen molar-refractivity contribution in [3.8, 4) is 5.75 Å². The highest BCUT2D eigenvalue weighted by molar-refractivity contribution is 5.97. The molecule has 0 bridgehead atoms. The van der Waals surface area contributed by atoms with Crippen molar-refractivity contribution in [3.05, 3.63) is 36.4 Å². The molecule has 0 amide bonds. The number of nitrogen functional groups attached to an aromatic ring is 1. The summed E-state index contributed by atoms with van der Waals surface area (Å²) >= 11 is 0. The summed E-state index contributed by atoms with van der Waals surface area (Å²) in [6.45, 7) is 1.77. The number of esters is 1. The molecule has 16 heavy (non-hydrogen) atoms. The molecule has 2 aromatic carbocycles. The number of ether oxygens (including phenoxy) is 1. The second-order valence-electron chi connectivity index (χ2n) is 3.53. The molecule has 0 fully saturated rings. The fraction of sp³-hybridized carbons (Fsp3) is 0.154. The van der Waals surface area contributed by atoms with Gasteiger partial charge < -0.3 is 10.5 Å². The highest BCUT2D eigenvalue weighted by Gasteiger charge is 2.07. The van der Waals surface area contributed by atoms with Crippen molar-refractivity contribution >= 4 is 22.4 Å². The molecule has 0 spiro atoms. The van der Waals surface area contributed by atoms with Crippen LogP contribution >= 0.6 is 0 Å². The number of carbonyl (C=O) groups excluding carboxylic acids is 1. The Hall–Kier alpha value is -2.03. The zero-order valence-electron chi connectivity index (χ0n) is 9.07. The third-order valence-electron chi connectivity index (χ3n) is 2.43. The first-order valence-corrected chi connectivity index (χ1v) is 5.20. The minimum absolute atomic E-state index is 0.241. The van der Waals surface area contributed by atoms with Crippen molar-refractivity contribution in [3.63, 3.8) is 0 Å². The van der Waals surface area contributed by atoms with Crippen LogP contribution in [0.3, 0.4) is 0 Å². The highest BCUT2D eigenvalue weighted by atomic mass is 16.5. The van der Waals surface area contributed by atoms with Gasteiger partial charge in [-0.1, -0.05) is 31.2 Å². The Morgan fingerprint density at radius 1 is 1.19 bits per heavy atom. The topological polar surface area (TPSA) is 52.3 Å². The van der Waals surface area contributed by atoms with E-state index in [2.05, 4.69) is 0 Å². The van der Waals surface area contributed by atoms with Crippen LogP contribution in [0.2, 0.25) is 0 Å². The summed E-state index contributed by atoms with van der Waals surface area (Å²) in [6, 6.07) is 11.1. The van der Waals surface area contributed by atoms with E-state index in [1.807, 2.05) is 30.3 Å². The van der Waals surface area contributed by atoms with Gasteiger partial charge in [0.15, 0.2) is 0 Å². The predicted octanol–water partition coefficient (Wildman–Crippen LogP) is 2.74. The van der Waals surface area contributed by atoms with E-state index < -0.39 is 0 Å². The Bertz CT molecular complexity index is 534. The molecule has 2 rings (SSSR count). The summed E-state index contributed by atoms with van der Waals surface area (Å²) in [5.41, 5.74) is 6.53. The van der Waals surface area contributed by atoms with E-state index in [0.29, 0.717) is 17.9 Å². The van der Waals surface area contributed by atoms with Gasteiger partial charge in [-0.3, -0.25) is 4.79 Å². The van der Waals surface area contributed by atoms with Crippen LogP contribution in [0.15, 0.2) is 36.4 Å². The molecule has 0 aromatic heterocycles. The number of fused-ring (bicyclic) bond motifs is 1. The first kappa shape index (κ1) is 10.5. The molecule has 0 heterocycles. The van der Waals surface area contributed by atoms with E-state index in [1.54, 1.807) is 13.0 Å². The lowest BCUT2D eigenvalue weighted by molar-refractivity contribution is -0.133. The molecule has 0 aliphatic rings. The van der Waals surface area contributed by atoms with Gasteiger partial charge in [0.1, 0.15) is 5.75 Å². The number of anilines is 1. The Kier molecular flexibility index (Phi) is 2.77. The third kappa shape index (κ3) is 1.84. The van der Waals surface area contributed by atoms with Crippen LogP contribution in [0, 0.1) is 0 Å². The third-order valence-corrected chi connectivity index (χ3v) is 2.43. The van der Waals surface area contributed by atoms with E-state index in [9.17, 15) is 4.79 Å². The molecular formula is C13H13NO2. The fourth-order valence-corrected chi connectivity index (χ4v) is 1.59. The van der Waals surface area contributed by atoms with Gasteiger partial charge in [0.2, 0.25) is 0 Å². The fourth-order valence-electron chi connectivity index (χ4n) is 1.59. The summed E-state index contributed by atoms with van der Waals surface area (Å²) < 4.78 is 5.24. The first-order chi connectivity index (χ1) is 7.72. The van der Waals surface area contributed by atoms with E-state index in [0.717, 1.165) is 10.8 Å². The molecule has 0 saturated heterocycles. The van der Waals surface area contributed by atoms with Gasteiger partial charge in [-0.25, -0.2) is 0 Å². The largest absolute Gasteiger partial charge is 0.426 e. The van der Waals surface area contributed by atoms with E-state index in [4.69, 9.17) is 10.5 Å². The molecule has 2 N–H and O–H groups in total. The maximum Gasteiger partial charge on any atom is 0.310 e. The first-order valence-electron chi connectivity index (χ1n) is 5.20. The molecular weight excluding hydrogens is 202 g/mol. The molecule has 0 saturated carbocycles. The van der Waals surface area contributed by atoms with Gasteiger partial charge in [-0.15, -0.1) is 0 Å². The van der Waals surface area contributed by atoms with E-state index >= 15 is 0 Å². The second-order valence-corrected chi connectivity index (χ2v) is 3.53. The van der Waals surface area contributed by atoms with Crippen LogP contribution in [-0.2, 0) is 4.79 Å². The summed E-state index contributed by atoms with van der Waals surface area (Å²) in [5.74, 6) is 0.326. The van der Waals surface area contributed by atoms with Crippen LogP contribution in [-0.4, -0.2) is 5.97 Å². The molecule has 0 aliphatic carbocycles. The normalized spacial score (nSPS) is 10.3. The molecule has 3 heteroatoms. The number of hydrogen-bond donors (Lipinski definition) is 1. The summed E-state index contributed by atoms with van der Waals surface area (Å²) in [7, 11) is 0. The zero-order chi connectivity index (χ0) is 11.5. The summed E-state index contributed by atoms with van der Waals surface area (Å²) in [4.78, 5) is 11.3. The van der Waals surface area contributed by atoms with Crippen molar-refractivity contribution < 1.29 is 9.53 Å². The van der Waals surface area contributed by atoms with E-state index in [1.165, 1.54) is 0 Å². The average Bonchev–Trinajstić information content (AvgIpc) is 2.30. The van der Waals surface area contributed by atoms with E-state index in [-0.39, 0.29) is 5.97 Å². The maximum absolute atomic E-state index is 11.3. The van der Waals surface area contributed by atoms with Gasteiger partial charge in [0.05, 0.1) is 0 Å². The Morgan fingerprint density at radius 3 is 2.62 bits per heavy atom. The van der Waals surface area contributed by atoms with Crippen LogP contribution in [0.1, 0.15) is 13.3 Å². The van der Waals surface area contributed by atoms with Crippen LogP contribution < -0.4 is 10.5 Å². The van der Waals surface area contributed by atoms with Crippen LogP contribution in [0.4, 0.5) is 5.69 Å². The number of nitrogens with two attached hydrogens (primary N) is 1. The Balaban J connectivity index is 2.54. The summed E-state index contributed by atoms with van der Waals surface area (Å²) in [6.07, 6.45) is 0.360. The lowest BCUT2D eigenvalue weighted by Gasteiger charge is -2.08. The van der Waals surface area contributed by atoms with Gasteiger partial charge in [0, 0.05) is 22.9 Å². The van der Waals surface area contributed by atoms with Crippen molar-refractivity contribution in [2.45, 2.75) is 13.3 Å². The second kappa shape index (κ2) is 4.23. The Morgan fingerprint density at radius 2 is 1.88 bits per heavy atom. The molecule has 3 nitrogen and oxygen atoms in total.